The Bertz CT molecular complexity index is 1150. The van der Waals surface area contributed by atoms with E-state index in [9.17, 15) is 24.6 Å². The third-order valence-corrected chi connectivity index (χ3v) is 7.11. The van der Waals surface area contributed by atoms with E-state index in [2.05, 4.69) is 16.0 Å². The van der Waals surface area contributed by atoms with Gasteiger partial charge in [0.1, 0.15) is 0 Å². The van der Waals surface area contributed by atoms with E-state index in [1.165, 1.54) is 6.07 Å². The summed E-state index contributed by atoms with van der Waals surface area (Å²) < 4.78 is 0. The molecule has 0 radical (unpaired) electrons. The van der Waals surface area contributed by atoms with E-state index in [4.69, 9.17) is 0 Å². The van der Waals surface area contributed by atoms with Crippen LogP contribution in [0.3, 0.4) is 0 Å². The average molecular weight is 538 g/mol. The molecule has 3 amide bonds. The molecule has 1 aliphatic carbocycles. The number of fused-ring (bicyclic) bond motifs is 1. The Kier molecular flexibility index (Phi) is 10.7. The lowest BCUT2D eigenvalue weighted by Crippen LogP contribution is -2.46. The summed E-state index contributed by atoms with van der Waals surface area (Å²) in [6.07, 6.45) is -0.402. The quantitative estimate of drug-likeness (QED) is 0.284. The first-order valence-electron chi connectivity index (χ1n) is 13.9. The topological polar surface area (TPSA) is 128 Å². The fraction of sp³-hybridized carbons (Fsp3) is 0.516. The van der Waals surface area contributed by atoms with Crippen LogP contribution >= 0.6 is 0 Å². The van der Waals surface area contributed by atoms with Gasteiger partial charge in [0, 0.05) is 30.0 Å². The summed E-state index contributed by atoms with van der Waals surface area (Å²) in [7, 11) is 0. The molecule has 5 atom stereocenters. The molecule has 0 bridgehead atoms. The zero-order valence-corrected chi connectivity index (χ0v) is 23.6. The van der Waals surface area contributed by atoms with Crippen LogP contribution in [-0.2, 0) is 11.2 Å². The van der Waals surface area contributed by atoms with E-state index < -0.39 is 36.1 Å². The summed E-state index contributed by atoms with van der Waals surface area (Å²) in [5, 5.41) is 30.2. The minimum absolute atomic E-state index is 0.119. The number of benzene rings is 2. The summed E-state index contributed by atoms with van der Waals surface area (Å²) in [5.74, 6) is -0.786. The van der Waals surface area contributed by atoms with Crippen molar-refractivity contribution in [2.24, 2.45) is 17.8 Å². The molecule has 8 heteroatoms. The minimum Gasteiger partial charge on any atom is -0.391 e. The van der Waals surface area contributed by atoms with E-state index >= 15 is 0 Å². The van der Waals surface area contributed by atoms with Gasteiger partial charge >= 0.3 is 0 Å². The number of carbonyl (C=O) groups excluding carboxylic acids is 3. The predicted molar refractivity (Wildman–Crippen MR) is 151 cm³/mol. The molecule has 0 spiro atoms. The predicted octanol–water partition coefficient (Wildman–Crippen LogP) is 3.38. The number of hydrogen-bond acceptors (Lipinski definition) is 5. The van der Waals surface area contributed by atoms with Crippen LogP contribution in [0.15, 0.2) is 48.5 Å². The molecular formula is C31H43N3O5. The lowest BCUT2D eigenvalue weighted by molar-refractivity contribution is -0.125. The van der Waals surface area contributed by atoms with Gasteiger partial charge in [-0.1, -0.05) is 65.0 Å². The molecule has 2 unspecified atom stereocenters. The summed E-state index contributed by atoms with van der Waals surface area (Å²) in [4.78, 5) is 38.7. The standard InChI is InChI=1S/C31H43N3O5/c1-18(2)13-25(26(35)14-20(5)29(37)32-17-19(3)4)33-30(38)22-10-8-11-23(15-22)31(39)34-28-24-12-7-6-9-21(24)16-27(28)36/h6-12,15,18-20,25-28,35-36H,13-14,16-17H2,1-5H3,(H,32,37)(H,33,38)(H,34,39)/t20-,25+,26+,27?,28?/m1/s1. The van der Waals surface area contributed by atoms with Gasteiger partial charge in [-0.05, 0) is 54.0 Å². The number of aliphatic hydroxyl groups is 2. The highest BCUT2D eigenvalue weighted by Crippen LogP contribution is 2.31. The van der Waals surface area contributed by atoms with Gasteiger partial charge in [-0.2, -0.15) is 0 Å². The monoisotopic (exact) mass is 537 g/mol. The largest absolute Gasteiger partial charge is 0.391 e. The zero-order valence-electron chi connectivity index (χ0n) is 23.6. The Hall–Kier alpha value is -3.23. The highest BCUT2D eigenvalue weighted by Gasteiger charge is 2.32. The fourth-order valence-corrected chi connectivity index (χ4v) is 4.96. The zero-order chi connectivity index (χ0) is 28.7. The van der Waals surface area contributed by atoms with Crippen LogP contribution < -0.4 is 16.0 Å². The lowest BCUT2D eigenvalue weighted by Gasteiger charge is -2.27. The van der Waals surface area contributed by atoms with Crippen molar-refractivity contribution < 1.29 is 24.6 Å². The van der Waals surface area contributed by atoms with Gasteiger partial charge in [-0.25, -0.2) is 0 Å². The Morgan fingerprint density at radius 1 is 0.897 bits per heavy atom. The van der Waals surface area contributed by atoms with Crippen molar-refractivity contribution in [3.63, 3.8) is 0 Å². The molecule has 212 valence electrons. The molecule has 8 nitrogen and oxygen atoms in total. The second kappa shape index (κ2) is 13.7. The maximum atomic E-state index is 13.2. The summed E-state index contributed by atoms with van der Waals surface area (Å²) >= 11 is 0. The van der Waals surface area contributed by atoms with Gasteiger partial charge in [0.15, 0.2) is 0 Å². The van der Waals surface area contributed by atoms with E-state index in [0.717, 1.165) is 11.1 Å². The van der Waals surface area contributed by atoms with Gasteiger partial charge in [0.05, 0.1) is 24.3 Å². The third-order valence-electron chi connectivity index (χ3n) is 7.11. The Morgan fingerprint density at radius 2 is 1.56 bits per heavy atom. The average Bonchev–Trinajstić information content (AvgIpc) is 3.21. The van der Waals surface area contributed by atoms with Crippen molar-refractivity contribution in [3.8, 4) is 0 Å². The van der Waals surface area contributed by atoms with Crippen molar-refractivity contribution in [1.29, 1.82) is 0 Å². The van der Waals surface area contributed by atoms with Crippen molar-refractivity contribution in [1.82, 2.24) is 16.0 Å². The van der Waals surface area contributed by atoms with Gasteiger partial charge in [-0.15, -0.1) is 0 Å². The second-order valence-corrected chi connectivity index (χ2v) is 11.6. The van der Waals surface area contributed by atoms with Crippen LogP contribution in [0.1, 0.15) is 85.3 Å². The van der Waals surface area contributed by atoms with Crippen LogP contribution in [0.5, 0.6) is 0 Å². The van der Waals surface area contributed by atoms with Gasteiger partial charge in [0.2, 0.25) is 5.91 Å². The van der Waals surface area contributed by atoms with Crippen molar-refractivity contribution in [2.75, 3.05) is 6.54 Å². The smallest absolute Gasteiger partial charge is 0.251 e. The van der Waals surface area contributed by atoms with Crippen molar-refractivity contribution in [2.45, 2.75) is 78.2 Å². The molecule has 0 aliphatic heterocycles. The Labute approximate surface area is 231 Å². The highest BCUT2D eigenvalue weighted by molar-refractivity contribution is 6.00. The molecule has 0 saturated heterocycles. The Balaban J connectivity index is 1.66. The van der Waals surface area contributed by atoms with Crippen LogP contribution in [0.2, 0.25) is 0 Å². The molecule has 39 heavy (non-hydrogen) atoms. The SMILES string of the molecule is CC(C)CNC(=O)[C@H](C)C[C@H](O)[C@H](CC(C)C)NC(=O)c1cccc(C(=O)NC2c3ccccc3CC2O)c1. The van der Waals surface area contributed by atoms with E-state index in [-0.39, 0.29) is 24.2 Å². The van der Waals surface area contributed by atoms with Crippen LogP contribution in [-0.4, -0.2) is 52.7 Å². The van der Waals surface area contributed by atoms with E-state index in [0.29, 0.717) is 36.4 Å². The van der Waals surface area contributed by atoms with Crippen LogP contribution in [0, 0.1) is 17.8 Å². The maximum Gasteiger partial charge on any atom is 0.251 e. The summed E-state index contributed by atoms with van der Waals surface area (Å²) in [6.45, 7) is 10.4. The molecule has 0 saturated carbocycles. The fourth-order valence-electron chi connectivity index (χ4n) is 4.96. The summed E-state index contributed by atoms with van der Waals surface area (Å²) in [6, 6.07) is 12.9. The van der Waals surface area contributed by atoms with E-state index in [1.54, 1.807) is 25.1 Å². The van der Waals surface area contributed by atoms with Crippen molar-refractivity contribution >= 4 is 17.7 Å². The number of carbonyl (C=O) groups is 3. The van der Waals surface area contributed by atoms with Crippen LogP contribution in [0.25, 0.3) is 0 Å². The Morgan fingerprint density at radius 3 is 2.23 bits per heavy atom. The van der Waals surface area contributed by atoms with Crippen molar-refractivity contribution in [3.05, 3.63) is 70.8 Å². The summed E-state index contributed by atoms with van der Waals surface area (Å²) in [5.41, 5.74) is 2.49. The van der Waals surface area contributed by atoms with Crippen LogP contribution in [0.4, 0.5) is 0 Å². The first kappa shape index (κ1) is 30.3. The van der Waals surface area contributed by atoms with Gasteiger partial charge in [0.25, 0.3) is 11.8 Å². The number of amides is 3. The molecule has 2 aromatic rings. The molecule has 5 N–H and O–H groups in total. The molecule has 0 fully saturated rings. The first-order chi connectivity index (χ1) is 18.5. The molecular weight excluding hydrogens is 494 g/mol. The highest BCUT2D eigenvalue weighted by atomic mass is 16.3. The number of rotatable bonds is 12. The molecule has 1 aliphatic rings. The van der Waals surface area contributed by atoms with Gasteiger partial charge < -0.3 is 26.2 Å². The first-order valence-corrected chi connectivity index (χ1v) is 13.9. The normalized spacial score (nSPS) is 18.8. The second-order valence-electron chi connectivity index (χ2n) is 11.6. The van der Waals surface area contributed by atoms with E-state index in [1.807, 2.05) is 52.0 Å². The maximum absolute atomic E-state index is 13.2. The lowest BCUT2D eigenvalue weighted by atomic mass is 9.92. The number of aliphatic hydroxyl groups excluding tert-OH is 2. The molecule has 0 heterocycles. The molecule has 2 aromatic carbocycles. The van der Waals surface area contributed by atoms with Gasteiger partial charge in [-0.3, -0.25) is 14.4 Å². The molecule has 3 rings (SSSR count). The molecule has 0 aromatic heterocycles. The number of nitrogens with one attached hydrogen (secondary N) is 3. The third kappa shape index (κ3) is 8.38. The minimum atomic E-state index is -0.911. The number of hydrogen-bond donors (Lipinski definition) is 5.